The quantitative estimate of drug-likeness (QED) is 0.407. The van der Waals surface area contributed by atoms with E-state index in [0.29, 0.717) is 6.04 Å². The van der Waals surface area contributed by atoms with E-state index in [1.54, 1.807) is 0 Å². The van der Waals surface area contributed by atoms with E-state index in [2.05, 4.69) is 39.4 Å². The predicted octanol–water partition coefficient (Wildman–Crippen LogP) is 1.21. The summed E-state index contributed by atoms with van der Waals surface area (Å²) in [6.45, 7) is 9.14. The molecule has 2 fully saturated rings. The van der Waals surface area contributed by atoms with Gasteiger partial charge in [0, 0.05) is 32.7 Å². The maximum absolute atomic E-state index is 4.34. The van der Waals surface area contributed by atoms with Crippen LogP contribution in [0.15, 0.2) is 4.99 Å². The molecule has 0 aliphatic carbocycles. The largest absolute Gasteiger partial charge is 0.356 e. The lowest BCUT2D eigenvalue weighted by molar-refractivity contribution is 0.267. The molecule has 2 rings (SSSR count). The van der Waals surface area contributed by atoms with E-state index in [4.69, 9.17) is 0 Å². The van der Waals surface area contributed by atoms with Gasteiger partial charge < -0.3 is 15.5 Å². The van der Waals surface area contributed by atoms with E-state index in [9.17, 15) is 0 Å². The number of halogens is 1. The normalized spacial score (nSPS) is 27.7. The highest BCUT2D eigenvalue weighted by Gasteiger charge is 2.23. The van der Waals surface area contributed by atoms with Gasteiger partial charge in [0.15, 0.2) is 5.96 Å². The highest BCUT2D eigenvalue weighted by Crippen LogP contribution is 2.15. The number of rotatable bonds is 5. The highest BCUT2D eigenvalue weighted by molar-refractivity contribution is 14.0. The van der Waals surface area contributed by atoms with Crippen LogP contribution in [0.3, 0.4) is 0 Å². The summed E-state index contributed by atoms with van der Waals surface area (Å²) in [4.78, 5) is 9.31. The van der Waals surface area contributed by atoms with E-state index in [-0.39, 0.29) is 24.0 Å². The van der Waals surface area contributed by atoms with Gasteiger partial charge in [0.1, 0.15) is 0 Å². The van der Waals surface area contributed by atoms with Crippen molar-refractivity contribution in [1.82, 2.24) is 20.4 Å². The Morgan fingerprint density at radius 2 is 1.95 bits per heavy atom. The first-order valence-electron chi connectivity index (χ1n) is 8.10. The van der Waals surface area contributed by atoms with Gasteiger partial charge in [0.05, 0.1) is 0 Å². The minimum absolute atomic E-state index is 0. The van der Waals surface area contributed by atoms with Crippen molar-refractivity contribution in [3.63, 3.8) is 0 Å². The van der Waals surface area contributed by atoms with Gasteiger partial charge in [-0.15, -0.1) is 24.0 Å². The van der Waals surface area contributed by atoms with Crippen LogP contribution in [0.2, 0.25) is 0 Å². The molecule has 2 saturated heterocycles. The van der Waals surface area contributed by atoms with Crippen molar-refractivity contribution in [2.75, 3.05) is 53.4 Å². The van der Waals surface area contributed by atoms with Crippen molar-refractivity contribution >= 4 is 29.9 Å². The van der Waals surface area contributed by atoms with Crippen molar-refractivity contribution in [2.24, 2.45) is 10.9 Å². The van der Waals surface area contributed by atoms with Crippen LogP contribution in [0, 0.1) is 5.92 Å². The number of hydrogen-bond acceptors (Lipinski definition) is 3. The SMILES string of the molecule is CCN1CCCC1CNC(=NC)NCC1CCN(C)C1.I. The van der Waals surface area contributed by atoms with Gasteiger partial charge in [-0.2, -0.15) is 0 Å². The molecule has 0 bridgehead atoms. The first-order valence-corrected chi connectivity index (χ1v) is 8.10. The zero-order valence-electron chi connectivity index (χ0n) is 13.8. The fourth-order valence-corrected chi connectivity index (χ4v) is 3.41. The summed E-state index contributed by atoms with van der Waals surface area (Å²) < 4.78 is 0. The summed E-state index contributed by atoms with van der Waals surface area (Å²) in [5.74, 6) is 1.72. The molecule has 5 nitrogen and oxygen atoms in total. The molecule has 0 radical (unpaired) electrons. The Morgan fingerprint density at radius 1 is 1.19 bits per heavy atom. The van der Waals surface area contributed by atoms with Crippen LogP contribution in [-0.2, 0) is 0 Å². The molecular weight excluding hydrogens is 377 g/mol. The number of likely N-dealkylation sites (N-methyl/N-ethyl adjacent to an activating group) is 1. The number of guanidine groups is 1. The molecule has 2 aliphatic heterocycles. The van der Waals surface area contributed by atoms with E-state index >= 15 is 0 Å². The molecule has 0 aromatic rings. The maximum atomic E-state index is 4.34. The third-order valence-corrected chi connectivity index (χ3v) is 4.68. The minimum atomic E-state index is 0. The van der Waals surface area contributed by atoms with Gasteiger partial charge in [0.2, 0.25) is 0 Å². The lowest BCUT2D eigenvalue weighted by Crippen LogP contribution is -2.46. The lowest BCUT2D eigenvalue weighted by Gasteiger charge is -2.24. The highest BCUT2D eigenvalue weighted by atomic mass is 127. The van der Waals surface area contributed by atoms with Gasteiger partial charge in [-0.3, -0.25) is 9.89 Å². The Balaban J connectivity index is 0.00000220. The van der Waals surface area contributed by atoms with Crippen LogP contribution >= 0.6 is 24.0 Å². The first kappa shape index (κ1) is 19.0. The Kier molecular flexibility index (Phi) is 8.89. The van der Waals surface area contributed by atoms with E-state index in [1.807, 2.05) is 7.05 Å². The maximum Gasteiger partial charge on any atom is 0.191 e. The standard InChI is InChI=1S/C15H31N5.HI/c1-4-20-8-5-6-14(20)11-18-15(16-2)17-10-13-7-9-19(3)12-13;/h13-14H,4-12H2,1-3H3,(H2,16,17,18);1H. The summed E-state index contributed by atoms with van der Waals surface area (Å²) in [5.41, 5.74) is 0. The average molecular weight is 409 g/mol. The molecule has 6 heteroatoms. The van der Waals surface area contributed by atoms with Crippen LogP contribution in [0.25, 0.3) is 0 Å². The second-order valence-electron chi connectivity index (χ2n) is 6.18. The van der Waals surface area contributed by atoms with Crippen molar-refractivity contribution in [3.8, 4) is 0 Å². The van der Waals surface area contributed by atoms with Gasteiger partial charge in [-0.25, -0.2) is 0 Å². The van der Waals surface area contributed by atoms with Crippen molar-refractivity contribution in [2.45, 2.75) is 32.2 Å². The Hall–Kier alpha value is -0.0800. The molecule has 0 spiro atoms. The Bertz CT molecular complexity index is 323. The summed E-state index contributed by atoms with van der Waals surface area (Å²) in [6.07, 6.45) is 3.94. The Labute approximate surface area is 146 Å². The molecule has 0 saturated carbocycles. The second-order valence-corrected chi connectivity index (χ2v) is 6.18. The molecule has 2 heterocycles. The number of nitrogens with zero attached hydrogens (tertiary/aromatic N) is 3. The smallest absolute Gasteiger partial charge is 0.191 e. The van der Waals surface area contributed by atoms with Crippen molar-refractivity contribution < 1.29 is 0 Å². The van der Waals surface area contributed by atoms with Gasteiger partial charge in [-0.05, 0) is 51.9 Å². The summed E-state index contributed by atoms with van der Waals surface area (Å²) in [5, 5.41) is 6.98. The summed E-state index contributed by atoms with van der Waals surface area (Å²) >= 11 is 0. The van der Waals surface area contributed by atoms with Crippen LogP contribution in [0.5, 0.6) is 0 Å². The van der Waals surface area contributed by atoms with E-state index in [0.717, 1.165) is 31.5 Å². The molecule has 0 aromatic carbocycles. The van der Waals surface area contributed by atoms with Crippen molar-refractivity contribution in [3.05, 3.63) is 0 Å². The fraction of sp³-hybridized carbons (Fsp3) is 0.933. The molecule has 0 amide bonds. The third kappa shape index (κ3) is 5.90. The third-order valence-electron chi connectivity index (χ3n) is 4.68. The predicted molar refractivity (Wildman–Crippen MR) is 101 cm³/mol. The molecule has 2 N–H and O–H groups in total. The zero-order valence-corrected chi connectivity index (χ0v) is 16.1. The molecule has 21 heavy (non-hydrogen) atoms. The number of nitrogens with one attached hydrogen (secondary N) is 2. The topological polar surface area (TPSA) is 42.9 Å². The molecular formula is C15H32IN5. The van der Waals surface area contributed by atoms with E-state index in [1.165, 1.54) is 38.9 Å². The molecule has 2 unspecified atom stereocenters. The number of hydrogen-bond donors (Lipinski definition) is 2. The van der Waals surface area contributed by atoms with Crippen LogP contribution in [0.1, 0.15) is 26.2 Å². The number of aliphatic imine (C=N–C) groups is 1. The Morgan fingerprint density at radius 3 is 2.57 bits per heavy atom. The number of likely N-dealkylation sites (tertiary alicyclic amines) is 2. The summed E-state index contributed by atoms with van der Waals surface area (Å²) in [6, 6.07) is 0.677. The second kappa shape index (κ2) is 9.84. The van der Waals surface area contributed by atoms with Gasteiger partial charge in [0.25, 0.3) is 0 Å². The molecule has 0 aromatic heterocycles. The van der Waals surface area contributed by atoms with Crippen molar-refractivity contribution in [1.29, 1.82) is 0 Å². The van der Waals surface area contributed by atoms with E-state index < -0.39 is 0 Å². The average Bonchev–Trinajstić information content (AvgIpc) is 3.07. The molecule has 2 aliphatic rings. The van der Waals surface area contributed by atoms with Gasteiger partial charge >= 0.3 is 0 Å². The van der Waals surface area contributed by atoms with Crippen LogP contribution < -0.4 is 10.6 Å². The minimum Gasteiger partial charge on any atom is -0.356 e. The van der Waals surface area contributed by atoms with Crippen LogP contribution in [0.4, 0.5) is 0 Å². The zero-order chi connectivity index (χ0) is 14.4. The summed E-state index contributed by atoms with van der Waals surface area (Å²) in [7, 11) is 4.06. The van der Waals surface area contributed by atoms with Gasteiger partial charge in [-0.1, -0.05) is 6.92 Å². The fourth-order valence-electron chi connectivity index (χ4n) is 3.41. The molecule has 2 atom stereocenters. The van der Waals surface area contributed by atoms with Crippen LogP contribution in [-0.4, -0.2) is 75.2 Å². The molecule has 124 valence electrons. The lowest BCUT2D eigenvalue weighted by atomic mass is 10.1. The first-order chi connectivity index (χ1) is 9.72. The monoisotopic (exact) mass is 409 g/mol.